The fourth-order valence-corrected chi connectivity index (χ4v) is 5.42. The zero-order valence-corrected chi connectivity index (χ0v) is 18.3. The van der Waals surface area contributed by atoms with E-state index in [1.165, 1.54) is 19.2 Å². The summed E-state index contributed by atoms with van der Waals surface area (Å²) in [7, 11) is 1.35. The van der Waals surface area contributed by atoms with E-state index in [0.717, 1.165) is 33.9 Å². The maximum atomic E-state index is 13.1. The Labute approximate surface area is 184 Å². The van der Waals surface area contributed by atoms with Gasteiger partial charge in [0, 0.05) is 44.6 Å². The van der Waals surface area contributed by atoms with Crippen LogP contribution in [0.25, 0.3) is 0 Å². The van der Waals surface area contributed by atoms with Gasteiger partial charge in [0.1, 0.15) is 24.1 Å². The number of benzene rings is 1. The van der Waals surface area contributed by atoms with Gasteiger partial charge in [0.15, 0.2) is 5.78 Å². The summed E-state index contributed by atoms with van der Waals surface area (Å²) in [6.07, 6.45) is 2.02. The van der Waals surface area contributed by atoms with E-state index in [9.17, 15) is 14.0 Å². The van der Waals surface area contributed by atoms with E-state index >= 15 is 0 Å². The molecule has 2 atom stereocenters. The number of carbonyl (C=O) groups is 2. The van der Waals surface area contributed by atoms with Crippen LogP contribution in [0.4, 0.5) is 4.39 Å². The quantitative estimate of drug-likeness (QED) is 0.677. The van der Waals surface area contributed by atoms with Gasteiger partial charge in [0.2, 0.25) is 0 Å². The zero-order chi connectivity index (χ0) is 22.1. The van der Waals surface area contributed by atoms with Gasteiger partial charge in [-0.2, -0.15) is 0 Å². The highest BCUT2D eigenvalue weighted by Crippen LogP contribution is 2.46. The van der Waals surface area contributed by atoms with Crippen LogP contribution in [0.1, 0.15) is 40.5 Å². The fraction of sp³-hybridized carbons (Fsp3) is 0.333. The second kappa shape index (κ2) is 8.67. The van der Waals surface area contributed by atoms with Gasteiger partial charge in [-0.25, -0.2) is 4.39 Å². The van der Waals surface area contributed by atoms with Crippen LogP contribution in [0.5, 0.6) is 5.75 Å². The monoisotopic (exact) mass is 441 g/mol. The maximum Gasteiger partial charge on any atom is 0.315 e. The van der Waals surface area contributed by atoms with Crippen molar-refractivity contribution in [2.24, 2.45) is 5.92 Å². The molecule has 0 radical (unpaired) electrons. The highest BCUT2D eigenvalue weighted by atomic mass is 32.1. The predicted molar refractivity (Wildman–Crippen MR) is 116 cm³/mol. The molecule has 0 fully saturated rings. The molecule has 5 nitrogen and oxygen atoms in total. The third-order valence-corrected chi connectivity index (χ3v) is 6.97. The number of hydrogen-bond donors (Lipinski definition) is 1. The van der Waals surface area contributed by atoms with Gasteiger partial charge >= 0.3 is 5.97 Å². The van der Waals surface area contributed by atoms with E-state index in [1.54, 1.807) is 23.5 Å². The summed E-state index contributed by atoms with van der Waals surface area (Å²) < 4.78 is 24.0. The minimum absolute atomic E-state index is 0.0651. The van der Waals surface area contributed by atoms with Crippen molar-refractivity contribution in [2.45, 2.75) is 38.7 Å². The largest absolute Gasteiger partial charge is 0.489 e. The van der Waals surface area contributed by atoms with Gasteiger partial charge < -0.3 is 14.8 Å². The molecule has 162 valence electrons. The molecule has 1 aliphatic carbocycles. The van der Waals surface area contributed by atoms with Gasteiger partial charge in [0.05, 0.1) is 7.11 Å². The Morgan fingerprint density at radius 1 is 1.29 bits per heavy atom. The number of esters is 1. The second-order valence-corrected chi connectivity index (χ2v) is 9.06. The number of allylic oxidation sites excluding steroid dienone is 2. The number of thiophene rings is 1. The third-order valence-electron chi connectivity index (χ3n) is 5.80. The lowest BCUT2D eigenvalue weighted by atomic mass is 9.74. The van der Waals surface area contributed by atoms with Crippen molar-refractivity contribution in [1.29, 1.82) is 0 Å². The van der Waals surface area contributed by atoms with E-state index in [0.29, 0.717) is 30.0 Å². The van der Waals surface area contributed by atoms with Gasteiger partial charge in [-0.15, -0.1) is 11.3 Å². The van der Waals surface area contributed by atoms with Crippen molar-refractivity contribution in [1.82, 2.24) is 5.32 Å². The molecule has 0 bridgehead atoms. The number of ether oxygens (including phenoxy) is 2. The minimum atomic E-state index is -0.672. The van der Waals surface area contributed by atoms with Crippen LogP contribution >= 0.6 is 11.3 Å². The summed E-state index contributed by atoms with van der Waals surface area (Å²) in [6.45, 7) is 6.35. The molecule has 2 aromatic rings. The van der Waals surface area contributed by atoms with Gasteiger partial charge in [-0.3, -0.25) is 9.59 Å². The summed E-state index contributed by atoms with van der Waals surface area (Å²) in [4.78, 5) is 27.5. The number of ketones is 1. The topological polar surface area (TPSA) is 64.6 Å². The number of methoxy groups -OCH3 is 1. The number of aryl methyl sites for hydroxylation is 1. The van der Waals surface area contributed by atoms with Crippen LogP contribution < -0.4 is 10.1 Å². The Bertz CT molecular complexity index is 1070. The first-order chi connectivity index (χ1) is 14.9. The molecule has 1 aromatic carbocycles. The van der Waals surface area contributed by atoms with Crippen molar-refractivity contribution in [3.63, 3.8) is 0 Å². The maximum absolute atomic E-state index is 13.1. The van der Waals surface area contributed by atoms with E-state index in [-0.39, 0.29) is 11.6 Å². The molecule has 2 unspecified atom stereocenters. The second-order valence-electron chi connectivity index (χ2n) is 7.77. The van der Waals surface area contributed by atoms with E-state index in [1.807, 2.05) is 13.0 Å². The molecule has 1 aliphatic heterocycles. The SMILES string of the molecule is C=C1NC2=C(C(=O)CCC2)C(c2cc(COc3ccc(F)cc3)c(C)s2)C1C(=O)OC. The molecule has 0 saturated carbocycles. The highest BCUT2D eigenvalue weighted by Gasteiger charge is 2.44. The fourth-order valence-electron chi connectivity index (χ4n) is 4.24. The Balaban J connectivity index is 1.68. The van der Waals surface area contributed by atoms with Gasteiger partial charge in [0.25, 0.3) is 0 Å². The molecule has 31 heavy (non-hydrogen) atoms. The Hall–Kier alpha value is -2.93. The van der Waals surface area contributed by atoms with Gasteiger partial charge in [-0.05, 0) is 50.1 Å². The average molecular weight is 442 g/mol. The van der Waals surface area contributed by atoms with Crippen LogP contribution in [0, 0.1) is 18.7 Å². The summed E-state index contributed by atoms with van der Waals surface area (Å²) in [5.74, 6) is -1.19. The molecule has 1 aromatic heterocycles. The molecular weight excluding hydrogens is 417 g/mol. The normalized spacial score (nSPS) is 20.9. The van der Waals surface area contributed by atoms with Crippen LogP contribution in [0.15, 0.2) is 53.9 Å². The van der Waals surface area contributed by atoms with Crippen molar-refractivity contribution >= 4 is 23.1 Å². The third kappa shape index (κ3) is 4.14. The molecule has 0 saturated heterocycles. The number of rotatable bonds is 5. The van der Waals surface area contributed by atoms with Crippen LogP contribution in [-0.4, -0.2) is 18.9 Å². The van der Waals surface area contributed by atoms with Crippen molar-refractivity contribution in [3.05, 3.63) is 75.0 Å². The number of carbonyl (C=O) groups excluding carboxylic acids is 2. The first kappa shape index (κ1) is 21.3. The van der Waals surface area contributed by atoms with E-state index < -0.39 is 17.8 Å². The number of nitrogens with one attached hydrogen (secondary N) is 1. The summed E-state index contributed by atoms with van der Waals surface area (Å²) in [6, 6.07) is 7.87. The molecule has 0 amide bonds. The number of halogens is 1. The molecule has 7 heteroatoms. The summed E-state index contributed by atoms with van der Waals surface area (Å²) in [5.41, 5.74) is 3.05. The molecule has 2 aliphatic rings. The average Bonchev–Trinajstić information content (AvgIpc) is 3.12. The van der Waals surface area contributed by atoms with Gasteiger partial charge in [-0.1, -0.05) is 6.58 Å². The summed E-state index contributed by atoms with van der Waals surface area (Å²) in [5, 5.41) is 3.20. The van der Waals surface area contributed by atoms with Crippen LogP contribution in [0.3, 0.4) is 0 Å². The minimum Gasteiger partial charge on any atom is -0.489 e. The van der Waals surface area contributed by atoms with E-state index in [2.05, 4.69) is 11.9 Å². The first-order valence-electron chi connectivity index (χ1n) is 10.2. The van der Waals surface area contributed by atoms with Crippen LogP contribution in [-0.2, 0) is 20.9 Å². The standard InChI is InChI=1S/C24H24FNO4S/c1-13-21(24(28)29-3)23(22-18(26-13)5-4-6-19(22)27)20-11-15(14(2)31-20)12-30-17-9-7-16(25)8-10-17/h7-11,21,23,26H,1,4-6,12H2,2-3H3. The zero-order valence-electron chi connectivity index (χ0n) is 17.5. The smallest absolute Gasteiger partial charge is 0.315 e. The van der Waals surface area contributed by atoms with Crippen LogP contribution in [0.2, 0.25) is 0 Å². The Morgan fingerprint density at radius 3 is 2.74 bits per heavy atom. The Kier molecular flexibility index (Phi) is 5.96. The first-order valence-corrected chi connectivity index (χ1v) is 11.0. The molecule has 1 N–H and O–H groups in total. The lowest BCUT2D eigenvalue weighted by molar-refractivity contribution is -0.144. The van der Waals surface area contributed by atoms with Crippen molar-refractivity contribution in [3.8, 4) is 5.75 Å². The number of Topliss-reactive ketones (excluding diaryl/α,β-unsaturated/α-hetero) is 1. The Morgan fingerprint density at radius 2 is 2.03 bits per heavy atom. The molecule has 0 spiro atoms. The molecule has 4 rings (SSSR count). The predicted octanol–water partition coefficient (Wildman–Crippen LogP) is 4.77. The highest BCUT2D eigenvalue weighted by molar-refractivity contribution is 7.12. The van der Waals surface area contributed by atoms with Crippen molar-refractivity contribution < 1.29 is 23.5 Å². The van der Waals surface area contributed by atoms with E-state index in [4.69, 9.17) is 9.47 Å². The molecule has 2 heterocycles. The lowest BCUT2D eigenvalue weighted by Gasteiger charge is -2.37. The number of hydrogen-bond acceptors (Lipinski definition) is 6. The molecular formula is C24H24FNO4S. The van der Waals surface area contributed by atoms with Crippen molar-refractivity contribution in [2.75, 3.05) is 7.11 Å². The summed E-state index contributed by atoms with van der Waals surface area (Å²) >= 11 is 1.55. The lowest BCUT2D eigenvalue weighted by Crippen LogP contribution is -2.40.